The number of carbonyl (C=O) groups is 2. The number of piperidine rings is 1. The number of H-pyrrole nitrogens is 1. The first-order valence-electron chi connectivity index (χ1n) is 6.89. The number of amides is 1. The fourth-order valence-electron chi connectivity index (χ4n) is 2.46. The van der Waals surface area contributed by atoms with Gasteiger partial charge in [0.25, 0.3) is 5.91 Å². The summed E-state index contributed by atoms with van der Waals surface area (Å²) in [4.78, 5) is 31.4. The molecule has 0 saturated carbocycles. The Bertz CT molecular complexity index is 478. The Morgan fingerprint density at radius 1 is 1.50 bits per heavy atom. The third-order valence-corrected chi connectivity index (χ3v) is 3.77. The van der Waals surface area contributed by atoms with Gasteiger partial charge in [0.2, 0.25) is 0 Å². The molecule has 7 nitrogen and oxygen atoms in total. The van der Waals surface area contributed by atoms with Crippen LogP contribution in [0.15, 0.2) is 6.33 Å². The van der Waals surface area contributed by atoms with Crippen molar-refractivity contribution in [3.63, 3.8) is 0 Å². The van der Waals surface area contributed by atoms with Crippen molar-refractivity contribution in [3.05, 3.63) is 17.7 Å². The van der Waals surface area contributed by atoms with Crippen molar-refractivity contribution in [3.8, 4) is 0 Å². The van der Waals surface area contributed by atoms with E-state index in [1.807, 2.05) is 0 Å². The van der Waals surface area contributed by atoms with Crippen LogP contribution in [-0.2, 0) is 0 Å². The Kier molecular flexibility index (Phi) is 4.73. The molecule has 1 aromatic heterocycles. The summed E-state index contributed by atoms with van der Waals surface area (Å²) in [6.45, 7) is 5.89. The summed E-state index contributed by atoms with van der Waals surface area (Å²) in [7, 11) is 0. The van der Waals surface area contributed by atoms with Gasteiger partial charge in [0.05, 0.1) is 6.33 Å². The van der Waals surface area contributed by atoms with E-state index >= 15 is 0 Å². The van der Waals surface area contributed by atoms with E-state index in [4.69, 9.17) is 5.11 Å². The summed E-state index contributed by atoms with van der Waals surface area (Å²) in [6.07, 6.45) is 3.33. The van der Waals surface area contributed by atoms with Gasteiger partial charge in [0.1, 0.15) is 0 Å². The van der Waals surface area contributed by atoms with Gasteiger partial charge in [0, 0.05) is 6.54 Å². The highest BCUT2D eigenvalue weighted by Crippen LogP contribution is 2.16. The number of hydrogen-bond acceptors (Lipinski definition) is 4. The first-order chi connectivity index (χ1) is 9.61. The SMILES string of the molecule is CCN1CCC(CNC(=O)c2nc[nH]c2C(=O)O)CC1. The van der Waals surface area contributed by atoms with Crippen LogP contribution in [0.1, 0.15) is 40.7 Å². The minimum Gasteiger partial charge on any atom is -0.477 e. The number of nitrogens with one attached hydrogen (secondary N) is 2. The fourth-order valence-corrected chi connectivity index (χ4v) is 2.46. The van der Waals surface area contributed by atoms with Crippen LogP contribution in [0, 0.1) is 5.92 Å². The van der Waals surface area contributed by atoms with Gasteiger partial charge in [-0.1, -0.05) is 6.92 Å². The van der Waals surface area contributed by atoms with Gasteiger partial charge in [-0.25, -0.2) is 9.78 Å². The molecule has 110 valence electrons. The summed E-state index contributed by atoms with van der Waals surface area (Å²) in [6, 6.07) is 0. The summed E-state index contributed by atoms with van der Waals surface area (Å²) >= 11 is 0. The molecule has 0 bridgehead atoms. The van der Waals surface area contributed by atoms with Crippen molar-refractivity contribution < 1.29 is 14.7 Å². The highest BCUT2D eigenvalue weighted by molar-refractivity contribution is 6.02. The lowest BCUT2D eigenvalue weighted by Crippen LogP contribution is -2.38. The Morgan fingerprint density at radius 2 is 2.20 bits per heavy atom. The molecule has 1 aliphatic rings. The number of aromatic nitrogens is 2. The quantitative estimate of drug-likeness (QED) is 0.732. The Morgan fingerprint density at radius 3 is 2.80 bits per heavy atom. The zero-order valence-electron chi connectivity index (χ0n) is 11.6. The van der Waals surface area contributed by atoms with E-state index in [9.17, 15) is 9.59 Å². The van der Waals surface area contributed by atoms with Crippen molar-refractivity contribution in [1.29, 1.82) is 0 Å². The first kappa shape index (κ1) is 14.5. The highest BCUT2D eigenvalue weighted by atomic mass is 16.4. The molecule has 0 spiro atoms. The van der Waals surface area contributed by atoms with Crippen LogP contribution in [0.3, 0.4) is 0 Å². The molecule has 1 saturated heterocycles. The van der Waals surface area contributed by atoms with Crippen LogP contribution in [0.2, 0.25) is 0 Å². The van der Waals surface area contributed by atoms with Crippen molar-refractivity contribution in [2.24, 2.45) is 5.92 Å². The Balaban J connectivity index is 1.84. The van der Waals surface area contributed by atoms with E-state index in [2.05, 4.69) is 27.1 Å². The van der Waals surface area contributed by atoms with Gasteiger partial charge in [-0.05, 0) is 38.4 Å². The molecule has 20 heavy (non-hydrogen) atoms. The Labute approximate surface area is 117 Å². The number of imidazole rings is 1. The van der Waals surface area contributed by atoms with Crippen LogP contribution in [0.25, 0.3) is 0 Å². The number of rotatable bonds is 5. The number of aromatic carboxylic acids is 1. The van der Waals surface area contributed by atoms with Crippen molar-refractivity contribution >= 4 is 11.9 Å². The van der Waals surface area contributed by atoms with E-state index in [-0.39, 0.29) is 11.4 Å². The smallest absolute Gasteiger partial charge is 0.354 e. The molecule has 0 aromatic carbocycles. The second-order valence-electron chi connectivity index (χ2n) is 5.02. The van der Waals surface area contributed by atoms with E-state index in [1.54, 1.807) is 0 Å². The average Bonchev–Trinajstić information content (AvgIpc) is 2.95. The monoisotopic (exact) mass is 280 g/mol. The van der Waals surface area contributed by atoms with Crippen LogP contribution in [0.4, 0.5) is 0 Å². The molecule has 2 rings (SSSR count). The number of carboxylic acid groups (broad SMARTS) is 1. The van der Waals surface area contributed by atoms with Crippen LogP contribution in [-0.4, -0.2) is 58.0 Å². The zero-order valence-corrected chi connectivity index (χ0v) is 11.6. The molecule has 1 amide bonds. The predicted molar refractivity (Wildman–Crippen MR) is 72.7 cm³/mol. The topological polar surface area (TPSA) is 98.3 Å². The van der Waals surface area contributed by atoms with Crippen LogP contribution in [0.5, 0.6) is 0 Å². The van der Waals surface area contributed by atoms with Gasteiger partial charge in [-0.15, -0.1) is 0 Å². The average molecular weight is 280 g/mol. The summed E-state index contributed by atoms with van der Waals surface area (Å²) in [5.74, 6) is -1.15. The molecular formula is C13H20N4O3. The molecule has 1 aromatic rings. The van der Waals surface area contributed by atoms with Crippen LogP contribution >= 0.6 is 0 Å². The minimum atomic E-state index is -1.18. The largest absolute Gasteiger partial charge is 0.477 e. The van der Waals surface area contributed by atoms with Gasteiger partial charge < -0.3 is 20.3 Å². The van der Waals surface area contributed by atoms with Crippen molar-refractivity contribution in [2.45, 2.75) is 19.8 Å². The second kappa shape index (κ2) is 6.51. The Hall–Kier alpha value is -1.89. The number of hydrogen-bond donors (Lipinski definition) is 3. The normalized spacial score (nSPS) is 17.1. The molecule has 7 heteroatoms. The molecule has 2 heterocycles. The molecule has 3 N–H and O–H groups in total. The van der Waals surface area contributed by atoms with E-state index in [0.717, 1.165) is 32.5 Å². The van der Waals surface area contributed by atoms with E-state index in [1.165, 1.54) is 6.33 Å². The number of carboxylic acids is 1. The maximum absolute atomic E-state index is 11.9. The van der Waals surface area contributed by atoms with Gasteiger partial charge in [-0.3, -0.25) is 4.79 Å². The molecule has 1 fully saturated rings. The summed E-state index contributed by atoms with van der Waals surface area (Å²) < 4.78 is 0. The molecule has 1 aliphatic heterocycles. The van der Waals surface area contributed by atoms with Crippen molar-refractivity contribution in [1.82, 2.24) is 20.2 Å². The molecular weight excluding hydrogens is 260 g/mol. The molecule has 0 atom stereocenters. The third-order valence-electron chi connectivity index (χ3n) is 3.77. The standard InChI is InChI=1S/C13H20N4O3/c1-2-17-5-3-9(4-6-17)7-14-12(18)10-11(13(19)20)16-8-15-10/h8-9H,2-7H2,1H3,(H,14,18)(H,15,16)(H,19,20). The second-order valence-corrected chi connectivity index (χ2v) is 5.02. The van der Waals surface area contributed by atoms with E-state index in [0.29, 0.717) is 12.5 Å². The molecule has 0 aliphatic carbocycles. The van der Waals surface area contributed by atoms with Crippen molar-refractivity contribution in [2.75, 3.05) is 26.2 Å². The number of nitrogens with zero attached hydrogens (tertiary/aromatic N) is 2. The van der Waals surface area contributed by atoms with E-state index < -0.39 is 11.9 Å². The fraction of sp³-hybridized carbons (Fsp3) is 0.615. The maximum atomic E-state index is 11.9. The van der Waals surface area contributed by atoms with Gasteiger partial charge in [0.15, 0.2) is 11.4 Å². The number of aromatic amines is 1. The lowest BCUT2D eigenvalue weighted by molar-refractivity contribution is 0.0684. The number of carbonyl (C=O) groups excluding carboxylic acids is 1. The first-order valence-corrected chi connectivity index (χ1v) is 6.89. The molecule has 0 radical (unpaired) electrons. The summed E-state index contributed by atoms with van der Waals surface area (Å²) in [5.41, 5.74) is -0.216. The minimum absolute atomic E-state index is 0.0523. The lowest BCUT2D eigenvalue weighted by atomic mass is 9.97. The third kappa shape index (κ3) is 3.36. The highest BCUT2D eigenvalue weighted by Gasteiger charge is 2.22. The number of likely N-dealkylation sites (tertiary alicyclic amines) is 1. The van der Waals surface area contributed by atoms with Crippen LogP contribution < -0.4 is 5.32 Å². The predicted octanol–water partition coefficient (Wildman–Crippen LogP) is 0.570. The summed E-state index contributed by atoms with van der Waals surface area (Å²) in [5, 5.41) is 11.7. The molecule has 0 unspecified atom stereocenters. The van der Waals surface area contributed by atoms with Gasteiger partial charge >= 0.3 is 5.97 Å². The zero-order chi connectivity index (χ0) is 14.5. The van der Waals surface area contributed by atoms with Gasteiger partial charge in [-0.2, -0.15) is 0 Å². The maximum Gasteiger partial charge on any atom is 0.354 e. The lowest BCUT2D eigenvalue weighted by Gasteiger charge is -2.30.